The molecule has 0 aromatic carbocycles. The normalized spacial score (nSPS) is 10.0. The van der Waals surface area contributed by atoms with Crippen molar-refractivity contribution in [2.45, 2.75) is 19.6 Å². The van der Waals surface area contributed by atoms with Crippen LogP contribution in [0.5, 0.6) is 0 Å². The third kappa shape index (κ3) is 3.68. The number of hydrogen-bond donors (Lipinski definition) is 1. The van der Waals surface area contributed by atoms with Gasteiger partial charge in [-0.05, 0) is 24.3 Å². The van der Waals surface area contributed by atoms with Crippen LogP contribution in [0.4, 0.5) is 5.82 Å². The molecule has 1 aromatic heterocycles. The molecule has 0 aliphatic carbocycles. The first-order valence-electron chi connectivity index (χ1n) is 4.63. The van der Waals surface area contributed by atoms with Gasteiger partial charge in [-0.2, -0.15) is 11.8 Å². The molecule has 0 atom stereocenters. The molecule has 0 radical (unpaired) electrons. The zero-order valence-corrected chi connectivity index (χ0v) is 9.03. The number of nitrogens with one attached hydrogen (secondary N) is 1. The fourth-order valence-corrected chi connectivity index (χ4v) is 1.63. The molecule has 0 saturated carbocycles. The molecule has 2 nitrogen and oxygen atoms in total. The lowest BCUT2D eigenvalue weighted by atomic mass is 10.3. The van der Waals surface area contributed by atoms with Crippen LogP contribution in [-0.2, 0) is 5.75 Å². The van der Waals surface area contributed by atoms with Gasteiger partial charge in [-0.1, -0.05) is 13.0 Å². The summed E-state index contributed by atoms with van der Waals surface area (Å²) in [6.45, 7) is 5.17. The van der Waals surface area contributed by atoms with Gasteiger partial charge in [0.05, 0.1) is 0 Å². The summed E-state index contributed by atoms with van der Waals surface area (Å²) >= 11 is 1.92. The van der Waals surface area contributed by atoms with Crippen molar-refractivity contribution in [1.29, 1.82) is 0 Å². The van der Waals surface area contributed by atoms with E-state index in [-0.39, 0.29) is 0 Å². The van der Waals surface area contributed by atoms with Gasteiger partial charge in [0, 0.05) is 18.5 Å². The Morgan fingerprint density at radius 3 is 2.77 bits per heavy atom. The number of nitrogens with zero attached hydrogens (tertiary/aromatic N) is 1. The molecule has 0 spiro atoms. The minimum atomic E-state index is 0.927. The monoisotopic (exact) mass is 196 g/mol. The quantitative estimate of drug-likeness (QED) is 0.784. The molecule has 1 rings (SSSR count). The van der Waals surface area contributed by atoms with Crippen molar-refractivity contribution in [2.24, 2.45) is 0 Å². The summed E-state index contributed by atoms with van der Waals surface area (Å²) < 4.78 is 0. The Bertz CT molecular complexity index is 233. The Labute approximate surface area is 84.1 Å². The second-order valence-corrected chi connectivity index (χ2v) is 3.99. The van der Waals surface area contributed by atoms with Crippen LogP contribution in [0.2, 0.25) is 0 Å². The number of thioether (sulfide) groups is 1. The minimum absolute atomic E-state index is 0.927. The minimum Gasteiger partial charge on any atom is -0.370 e. The molecule has 3 heteroatoms. The van der Waals surface area contributed by atoms with E-state index < -0.39 is 0 Å². The SMILES string of the molecule is CCNc1ccc(CSCC)cn1. The third-order valence-corrected chi connectivity index (χ3v) is 2.60. The van der Waals surface area contributed by atoms with Gasteiger partial charge < -0.3 is 5.32 Å². The van der Waals surface area contributed by atoms with Crippen molar-refractivity contribution < 1.29 is 0 Å². The highest BCUT2D eigenvalue weighted by Gasteiger charge is 1.94. The Morgan fingerprint density at radius 2 is 2.23 bits per heavy atom. The van der Waals surface area contributed by atoms with E-state index in [9.17, 15) is 0 Å². The Kier molecular flexibility index (Phi) is 4.68. The molecule has 1 heterocycles. The standard InChI is InChI=1S/C10H16N2S/c1-3-11-10-6-5-9(7-12-10)8-13-4-2/h5-7H,3-4,8H2,1-2H3,(H,11,12). The van der Waals surface area contributed by atoms with E-state index >= 15 is 0 Å². The van der Waals surface area contributed by atoms with Crippen LogP contribution in [0.3, 0.4) is 0 Å². The fraction of sp³-hybridized carbons (Fsp3) is 0.500. The second kappa shape index (κ2) is 5.86. The van der Waals surface area contributed by atoms with E-state index in [2.05, 4.69) is 30.2 Å². The maximum Gasteiger partial charge on any atom is 0.125 e. The van der Waals surface area contributed by atoms with Gasteiger partial charge >= 0.3 is 0 Å². The molecule has 13 heavy (non-hydrogen) atoms. The zero-order valence-electron chi connectivity index (χ0n) is 8.21. The van der Waals surface area contributed by atoms with Crippen molar-refractivity contribution in [3.63, 3.8) is 0 Å². The van der Waals surface area contributed by atoms with E-state index in [1.165, 1.54) is 5.56 Å². The first-order valence-corrected chi connectivity index (χ1v) is 5.78. The van der Waals surface area contributed by atoms with Gasteiger partial charge in [0.25, 0.3) is 0 Å². The van der Waals surface area contributed by atoms with Crippen LogP contribution in [0.1, 0.15) is 19.4 Å². The first kappa shape index (κ1) is 10.4. The van der Waals surface area contributed by atoms with E-state index in [0.29, 0.717) is 0 Å². The average molecular weight is 196 g/mol. The molecule has 1 N–H and O–H groups in total. The highest BCUT2D eigenvalue weighted by molar-refractivity contribution is 7.98. The van der Waals surface area contributed by atoms with Gasteiger partial charge in [0.15, 0.2) is 0 Å². The number of hydrogen-bond acceptors (Lipinski definition) is 3. The van der Waals surface area contributed by atoms with Crippen molar-refractivity contribution in [3.8, 4) is 0 Å². The summed E-state index contributed by atoms with van der Waals surface area (Å²) in [5, 5.41) is 3.17. The average Bonchev–Trinajstić information content (AvgIpc) is 2.17. The van der Waals surface area contributed by atoms with Gasteiger partial charge in [0.2, 0.25) is 0 Å². The predicted octanol–water partition coefficient (Wildman–Crippen LogP) is 2.77. The van der Waals surface area contributed by atoms with Crippen LogP contribution in [-0.4, -0.2) is 17.3 Å². The van der Waals surface area contributed by atoms with Crippen LogP contribution < -0.4 is 5.32 Å². The fourth-order valence-electron chi connectivity index (χ4n) is 1.02. The summed E-state index contributed by atoms with van der Waals surface area (Å²) in [5.41, 5.74) is 1.30. The van der Waals surface area contributed by atoms with Gasteiger partial charge in [-0.15, -0.1) is 0 Å². The van der Waals surface area contributed by atoms with E-state index in [1.807, 2.05) is 24.0 Å². The zero-order chi connectivity index (χ0) is 9.52. The van der Waals surface area contributed by atoms with Gasteiger partial charge in [-0.25, -0.2) is 4.98 Å². The highest BCUT2D eigenvalue weighted by Crippen LogP contribution is 2.12. The first-order chi connectivity index (χ1) is 6.36. The molecule has 0 aliphatic rings. The smallest absolute Gasteiger partial charge is 0.125 e. The number of rotatable bonds is 5. The molecule has 72 valence electrons. The highest BCUT2D eigenvalue weighted by atomic mass is 32.2. The molecular formula is C10H16N2S. The van der Waals surface area contributed by atoms with Crippen LogP contribution in [0.25, 0.3) is 0 Å². The van der Waals surface area contributed by atoms with Crippen molar-refractivity contribution >= 4 is 17.6 Å². The number of aromatic nitrogens is 1. The van der Waals surface area contributed by atoms with Gasteiger partial charge in [-0.3, -0.25) is 0 Å². The summed E-state index contributed by atoms with van der Waals surface area (Å²) in [5.74, 6) is 3.19. The van der Waals surface area contributed by atoms with Crippen molar-refractivity contribution in [3.05, 3.63) is 23.9 Å². The molecule has 0 aliphatic heterocycles. The Hall–Kier alpha value is -0.700. The molecule has 0 saturated heterocycles. The van der Waals surface area contributed by atoms with Crippen molar-refractivity contribution in [2.75, 3.05) is 17.6 Å². The van der Waals surface area contributed by atoms with Crippen LogP contribution in [0, 0.1) is 0 Å². The second-order valence-electron chi connectivity index (χ2n) is 2.72. The Morgan fingerprint density at radius 1 is 1.38 bits per heavy atom. The molecule has 1 aromatic rings. The summed E-state index contributed by atoms with van der Waals surface area (Å²) in [6.07, 6.45) is 1.95. The molecular weight excluding hydrogens is 180 g/mol. The topological polar surface area (TPSA) is 24.9 Å². The summed E-state index contributed by atoms with van der Waals surface area (Å²) in [7, 11) is 0. The lowest BCUT2D eigenvalue weighted by molar-refractivity contribution is 1.14. The van der Waals surface area contributed by atoms with Gasteiger partial charge in [0.1, 0.15) is 5.82 Å². The third-order valence-electron chi connectivity index (χ3n) is 1.66. The van der Waals surface area contributed by atoms with E-state index in [4.69, 9.17) is 0 Å². The summed E-state index contributed by atoms with van der Waals surface area (Å²) in [6, 6.07) is 4.17. The number of anilines is 1. The van der Waals surface area contributed by atoms with E-state index in [0.717, 1.165) is 23.9 Å². The maximum absolute atomic E-state index is 4.30. The van der Waals surface area contributed by atoms with Crippen molar-refractivity contribution in [1.82, 2.24) is 4.98 Å². The molecule has 0 bridgehead atoms. The maximum atomic E-state index is 4.30. The largest absolute Gasteiger partial charge is 0.370 e. The predicted molar refractivity (Wildman–Crippen MR) is 60.2 cm³/mol. The van der Waals surface area contributed by atoms with Crippen LogP contribution in [0.15, 0.2) is 18.3 Å². The van der Waals surface area contributed by atoms with Crippen LogP contribution >= 0.6 is 11.8 Å². The molecule has 0 unspecified atom stereocenters. The lowest BCUT2D eigenvalue weighted by Gasteiger charge is -2.03. The number of pyridine rings is 1. The Balaban J connectivity index is 2.48. The van der Waals surface area contributed by atoms with E-state index in [1.54, 1.807) is 0 Å². The molecule has 0 fully saturated rings. The molecule has 0 amide bonds. The summed E-state index contributed by atoms with van der Waals surface area (Å²) in [4.78, 5) is 4.30. The lowest BCUT2D eigenvalue weighted by Crippen LogP contribution is -1.98.